The number of carboxylic acid groups (broad SMARTS) is 1. The molecule has 2 nitrogen and oxygen atoms in total. The van der Waals surface area contributed by atoms with E-state index in [9.17, 15) is 18.0 Å². The van der Waals surface area contributed by atoms with Crippen LogP contribution >= 0.6 is 0 Å². The third-order valence-electron chi connectivity index (χ3n) is 2.30. The van der Waals surface area contributed by atoms with Crippen LogP contribution in [0.4, 0.5) is 13.2 Å². The Labute approximate surface area is 90.7 Å². The van der Waals surface area contributed by atoms with Crippen LogP contribution in [0.2, 0.25) is 0 Å². The summed E-state index contributed by atoms with van der Waals surface area (Å²) >= 11 is 0. The van der Waals surface area contributed by atoms with Gasteiger partial charge in [0.15, 0.2) is 0 Å². The van der Waals surface area contributed by atoms with E-state index in [0.29, 0.717) is 5.56 Å². The summed E-state index contributed by atoms with van der Waals surface area (Å²) in [4.78, 5) is 10.4. The van der Waals surface area contributed by atoms with Crippen LogP contribution in [0.15, 0.2) is 24.3 Å². The topological polar surface area (TPSA) is 37.3 Å². The zero-order chi connectivity index (χ0) is 12.3. The molecule has 1 rings (SSSR count). The molecule has 0 aromatic heterocycles. The number of hydrogen-bond donors (Lipinski definition) is 1. The van der Waals surface area contributed by atoms with Crippen LogP contribution in [0.1, 0.15) is 24.0 Å². The third kappa shape index (κ3) is 3.25. The molecule has 0 fully saturated rings. The van der Waals surface area contributed by atoms with Gasteiger partial charge in [0.05, 0.1) is 12.3 Å². The van der Waals surface area contributed by atoms with E-state index < -0.39 is 18.1 Å². The fourth-order valence-electron chi connectivity index (χ4n) is 1.34. The Kier molecular flexibility index (Phi) is 3.57. The first-order valence-electron chi connectivity index (χ1n) is 4.68. The third-order valence-corrected chi connectivity index (χ3v) is 2.30. The Balaban J connectivity index is 2.94. The van der Waals surface area contributed by atoms with Gasteiger partial charge in [0.1, 0.15) is 0 Å². The van der Waals surface area contributed by atoms with Crippen LogP contribution in [-0.4, -0.2) is 17.3 Å². The summed E-state index contributed by atoms with van der Waals surface area (Å²) in [5.41, 5.74) is 0.465. The van der Waals surface area contributed by atoms with Gasteiger partial charge in [-0.15, -0.1) is 0 Å². The molecule has 0 radical (unpaired) electrons. The van der Waals surface area contributed by atoms with Crippen molar-refractivity contribution in [3.8, 4) is 0 Å². The maximum atomic E-state index is 12.4. The van der Waals surface area contributed by atoms with Gasteiger partial charge in [-0.05, 0) is 18.1 Å². The van der Waals surface area contributed by atoms with Crippen molar-refractivity contribution >= 4 is 5.97 Å². The van der Waals surface area contributed by atoms with E-state index in [-0.39, 0.29) is 12.0 Å². The molecule has 0 aliphatic heterocycles. The standard InChI is InChI=1S/C11H11F3O2/c1-7(11(12,13)14)9-4-2-3-8(5-9)6-10(15)16/h2-5,7H,6H2,1H3,(H,15,16). The molecule has 0 aliphatic carbocycles. The molecule has 1 N–H and O–H groups in total. The number of alkyl halides is 3. The van der Waals surface area contributed by atoms with Crippen LogP contribution < -0.4 is 0 Å². The smallest absolute Gasteiger partial charge is 0.395 e. The van der Waals surface area contributed by atoms with Crippen molar-refractivity contribution in [3.05, 3.63) is 35.4 Å². The highest BCUT2D eigenvalue weighted by molar-refractivity contribution is 5.70. The minimum atomic E-state index is -4.30. The lowest BCUT2D eigenvalue weighted by Gasteiger charge is -2.16. The minimum Gasteiger partial charge on any atom is -0.481 e. The fourth-order valence-corrected chi connectivity index (χ4v) is 1.34. The van der Waals surface area contributed by atoms with E-state index in [4.69, 9.17) is 5.11 Å². The van der Waals surface area contributed by atoms with Gasteiger partial charge in [0.25, 0.3) is 0 Å². The molecule has 5 heteroatoms. The Morgan fingerprint density at radius 1 is 1.44 bits per heavy atom. The zero-order valence-corrected chi connectivity index (χ0v) is 8.58. The number of rotatable bonds is 3. The number of benzene rings is 1. The van der Waals surface area contributed by atoms with E-state index in [1.807, 2.05) is 0 Å². The van der Waals surface area contributed by atoms with Gasteiger partial charge in [-0.1, -0.05) is 24.3 Å². The molecule has 0 saturated carbocycles. The van der Waals surface area contributed by atoms with Crippen molar-refractivity contribution in [1.82, 2.24) is 0 Å². The second-order valence-electron chi connectivity index (χ2n) is 3.58. The number of carboxylic acids is 1. The van der Waals surface area contributed by atoms with Crippen LogP contribution in [0.5, 0.6) is 0 Å². The summed E-state index contributed by atoms with van der Waals surface area (Å²) in [5, 5.41) is 8.53. The minimum absolute atomic E-state index is 0.0891. The molecule has 0 bridgehead atoms. The Bertz CT molecular complexity index is 385. The summed E-state index contributed by atoms with van der Waals surface area (Å²) in [7, 11) is 0. The van der Waals surface area contributed by atoms with Crippen LogP contribution in [-0.2, 0) is 11.2 Å². The van der Waals surface area contributed by atoms with Crippen LogP contribution in [0.25, 0.3) is 0 Å². The van der Waals surface area contributed by atoms with E-state index in [0.717, 1.165) is 6.92 Å². The average Bonchev–Trinajstić information content (AvgIpc) is 2.14. The van der Waals surface area contributed by atoms with E-state index in [2.05, 4.69) is 0 Å². The van der Waals surface area contributed by atoms with Crippen molar-refractivity contribution in [2.45, 2.75) is 25.4 Å². The highest BCUT2D eigenvalue weighted by Gasteiger charge is 2.36. The van der Waals surface area contributed by atoms with Gasteiger partial charge in [-0.3, -0.25) is 4.79 Å². The van der Waals surface area contributed by atoms with Crippen LogP contribution in [0, 0.1) is 0 Å². The van der Waals surface area contributed by atoms with Gasteiger partial charge in [0.2, 0.25) is 0 Å². The highest BCUT2D eigenvalue weighted by Crippen LogP contribution is 2.34. The van der Waals surface area contributed by atoms with Crippen molar-refractivity contribution < 1.29 is 23.1 Å². The Morgan fingerprint density at radius 2 is 2.06 bits per heavy atom. The summed E-state index contributed by atoms with van der Waals surface area (Å²) in [6.07, 6.45) is -4.57. The van der Waals surface area contributed by atoms with Crippen molar-refractivity contribution in [2.24, 2.45) is 0 Å². The fraction of sp³-hybridized carbons (Fsp3) is 0.364. The molecule has 1 atom stereocenters. The van der Waals surface area contributed by atoms with Gasteiger partial charge in [-0.25, -0.2) is 0 Å². The molecule has 1 unspecified atom stereocenters. The predicted octanol–water partition coefficient (Wildman–Crippen LogP) is 2.98. The maximum absolute atomic E-state index is 12.4. The first kappa shape index (κ1) is 12.5. The lowest BCUT2D eigenvalue weighted by Crippen LogP contribution is -2.17. The molecule has 16 heavy (non-hydrogen) atoms. The van der Waals surface area contributed by atoms with E-state index in [1.54, 1.807) is 0 Å². The quantitative estimate of drug-likeness (QED) is 0.869. The Morgan fingerprint density at radius 3 is 2.56 bits per heavy atom. The maximum Gasteiger partial charge on any atom is 0.395 e. The molecular formula is C11H11F3O2. The van der Waals surface area contributed by atoms with Crippen molar-refractivity contribution in [3.63, 3.8) is 0 Å². The molecule has 0 heterocycles. The number of aliphatic carboxylic acids is 1. The number of hydrogen-bond acceptors (Lipinski definition) is 1. The normalized spacial score (nSPS) is 13.5. The van der Waals surface area contributed by atoms with Gasteiger partial charge in [-0.2, -0.15) is 13.2 Å². The highest BCUT2D eigenvalue weighted by atomic mass is 19.4. The molecule has 0 spiro atoms. The monoisotopic (exact) mass is 232 g/mol. The summed E-state index contributed by atoms with van der Waals surface area (Å²) in [6, 6.07) is 5.58. The largest absolute Gasteiger partial charge is 0.481 e. The Hall–Kier alpha value is -1.52. The van der Waals surface area contributed by atoms with Crippen molar-refractivity contribution in [2.75, 3.05) is 0 Å². The molecule has 0 aliphatic rings. The molecule has 1 aromatic rings. The van der Waals surface area contributed by atoms with Gasteiger partial charge >= 0.3 is 12.1 Å². The molecule has 1 aromatic carbocycles. The lowest BCUT2D eigenvalue weighted by atomic mass is 9.98. The molecule has 88 valence electrons. The van der Waals surface area contributed by atoms with Crippen molar-refractivity contribution in [1.29, 1.82) is 0 Å². The first-order valence-corrected chi connectivity index (χ1v) is 4.68. The zero-order valence-electron chi connectivity index (χ0n) is 8.58. The van der Waals surface area contributed by atoms with E-state index >= 15 is 0 Å². The summed E-state index contributed by atoms with van der Waals surface area (Å²) < 4.78 is 37.2. The summed E-state index contributed by atoms with van der Waals surface area (Å²) in [5.74, 6) is -2.64. The average molecular weight is 232 g/mol. The second kappa shape index (κ2) is 4.55. The first-order chi connectivity index (χ1) is 7.30. The number of carbonyl (C=O) groups is 1. The van der Waals surface area contributed by atoms with Gasteiger partial charge in [0, 0.05) is 0 Å². The number of halogens is 3. The lowest BCUT2D eigenvalue weighted by molar-refractivity contribution is -0.146. The predicted molar refractivity (Wildman–Crippen MR) is 52.3 cm³/mol. The van der Waals surface area contributed by atoms with Crippen LogP contribution in [0.3, 0.4) is 0 Å². The molecular weight excluding hydrogens is 221 g/mol. The summed E-state index contributed by atoms with van der Waals surface area (Å²) in [6.45, 7) is 1.06. The molecule has 0 amide bonds. The van der Waals surface area contributed by atoms with Gasteiger partial charge < -0.3 is 5.11 Å². The molecule has 0 saturated heterocycles. The van der Waals surface area contributed by atoms with E-state index in [1.165, 1.54) is 24.3 Å². The SMILES string of the molecule is CC(c1cccc(CC(=O)O)c1)C(F)(F)F. The second-order valence-corrected chi connectivity index (χ2v) is 3.58.